The number of carbonyl (C=O) groups is 1. The van der Waals surface area contributed by atoms with Crippen LogP contribution < -0.4 is 10.2 Å². The zero-order valence-corrected chi connectivity index (χ0v) is 10.1. The zero-order chi connectivity index (χ0) is 10.8. The van der Waals surface area contributed by atoms with E-state index in [4.69, 9.17) is 12.2 Å². The molecule has 1 amide bonds. The second kappa shape index (κ2) is 4.47. The quantitative estimate of drug-likeness (QED) is 0.509. The lowest BCUT2D eigenvalue weighted by Crippen LogP contribution is -3.04. The Morgan fingerprint density at radius 1 is 1.53 bits per heavy atom. The first-order valence-corrected chi connectivity index (χ1v) is 6.16. The summed E-state index contributed by atoms with van der Waals surface area (Å²) in [7, 11) is 2.16. The molecule has 0 spiro atoms. The Kier molecular flexibility index (Phi) is 3.23. The van der Waals surface area contributed by atoms with Crippen LogP contribution in [0.1, 0.15) is 12.8 Å². The third kappa shape index (κ3) is 2.48. The van der Waals surface area contributed by atoms with E-state index >= 15 is 0 Å². The molecule has 2 aliphatic rings. The van der Waals surface area contributed by atoms with Gasteiger partial charge in [-0.1, -0.05) is 24.0 Å². The first kappa shape index (κ1) is 10.9. The van der Waals surface area contributed by atoms with Crippen LogP contribution in [0.25, 0.3) is 0 Å². The van der Waals surface area contributed by atoms with Crippen molar-refractivity contribution in [1.82, 2.24) is 5.32 Å². The number of hydrogen-bond donors (Lipinski definition) is 2. The van der Waals surface area contributed by atoms with Gasteiger partial charge in [-0.25, -0.2) is 0 Å². The molecular weight excluding hydrogens is 228 g/mol. The van der Waals surface area contributed by atoms with Gasteiger partial charge in [-0.2, -0.15) is 0 Å². The van der Waals surface area contributed by atoms with Crippen LogP contribution in [0.2, 0.25) is 0 Å². The van der Waals surface area contributed by atoms with Gasteiger partial charge in [0.25, 0.3) is 5.91 Å². The van der Waals surface area contributed by atoms with Crippen molar-refractivity contribution in [3.63, 3.8) is 0 Å². The summed E-state index contributed by atoms with van der Waals surface area (Å²) < 4.78 is 0.553. The fourth-order valence-electron chi connectivity index (χ4n) is 1.76. The average molecular weight is 241 g/mol. The van der Waals surface area contributed by atoms with E-state index in [1.165, 1.54) is 35.3 Å². The maximum absolute atomic E-state index is 11.3. The second-order valence-corrected chi connectivity index (χ2v) is 5.42. The molecule has 0 bridgehead atoms. The van der Waals surface area contributed by atoms with Crippen molar-refractivity contribution < 1.29 is 9.69 Å². The van der Waals surface area contributed by atoms with E-state index in [2.05, 4.69) is 18.4 Å². The Hall–Kier alpha value is -0.650. The Bertz CT molecular complexity index is 374. The lowest BCUT2D eigenvalue weighted by atomic mass is 10.3. The summed E-state index contributed by atoms with van der Waals surface area (Å²) >= 11 is 6.25. The van der Waals surface area contributed by atoms with Gasteiger partial charge >= 0.3 is 0 Å². The summed E-state index contributed by atoms with van der Waals surface area (Å²) in [6, 6.07) is 0. The summed E-state index contributed by atoms with van der Waals surface area (Å²) in [6.45, 7) is 1.19. The standard InChI is InChI=1S/C10H12N2OS2/c1-12-6-2-3-7(12)4-5-8-9(13)11-10(14)15-8/h4-5H,2-3,6H2,1H3,(H,11,13,14)/p+1/b7-4-,8-5-. The first-order valence-electron chi connectivity index (χ1n) is 4.93. The molecule has 80 valence electrons. The van der Waals surface area contributed by atoms with Gasteiger partial charge in [-0.15, -0.1) is 0 Å². The summed E-state index contributed by atoms with van der Waals surface area (Å²) in [5.41, 5.74) is 1.37. The molecule has 2 fully saturated rings. The Labute approximate surface area is 98.6 Å². The number of likely N-dealkylation sites (tertiary alicyclic amines) is 1. The smallest absolute Gasteiger partial charge is 0.263 e. The molecule has 0 radical (unpaired) electrons. The van der Waals surface area contributed by atoms with E-state index in [-0.39, 0.29) is 5.91 Å². The molecule has 15 heavy (non-hydrogen) atoms. The molecule has 1 unspecified atom stereocenters. The molecular formula is C10H13N2OS2+. The van der Waals surface area contributed by atoms with E-state index in [1.54, 1.807) is 0 Å². The lowest BCUT2D eigenvalue weighted by Gasteiger charge is -2.04. The van der Waals surface area contributed by atoms with E-state index in [0.717, 1.165) is 6.42 Å². The summed E-state index contributed by atoms with van der Waals surface area (Å²) in [5.74, 6) is -0.0718. The van der Waals surface area contributed by atoms with Crippen LogP contribution in [-0.4, -0.2) is 23.8 Å². The minimum absolute atomic E-state index is 0.0718. The Morgan fingerprint density at radius 2 is 2.33 bits per heavy atom. The van der Waals surface area contributed by atoms with Gasteiger partial charge in [0.15, 0.2) is 0 Å². The van der Waals surface area contributed by atoms with E-state index in [0.29, 0.717) is 9.23 Å². The van der Waals surface area contributed by atoms with Crippen molar-refractivity contribution >= 4 is 34.2 Å². The second-order valence-electron chi connectivity index (χ2n) is 3.70. The van der Waals surface area contributed by atoms with Crippen molar-refractivity contribution in [2.24, 2.45) is 0 Å². The van der Waals surface area contributed by atoms with Crippen LogP contribution >= 0.6 is 24.0 Å². The SMILES string of the molecule is C[NH+]1CCC/C1=C/C=C1\SC(=S)NC1=O. The Morgan fingerprint density at radius 3 is 2.87 bits per heavy atom. The molecule has 0 aliphatic carbocycles. The largest absolute Gasteiger partial charge is 0.308 e. The molecule has 0 aromatic rings. The van der Waals surface area contributed by atoms with Crippen LogP contribution in [0.3, 0.4) is 0 Å². The van der Waals surface area contributed by atoms with Crippen molar-refractivity contribution in [3.05, 3.63) is 22.8 Å². The Balaban J connectivity index is 2.11. The molecule has 0 saturated carbocycles. The van der Waals surface area contributed by atoms with Gasteiger partial charge < -0.3 is 10.2 Å². The van der Waals surface area contributed by atoms with Gasteiger partial charge in [0.05, 0.1) is 18.5 Å². The van der Waals surface area contributed by atoms with Crippen molar-refractivity contribution in [1.29, 1.82) is 0 Å². The number of allylic oxidation sites excluding steroid dienone is 3. The predicted molar refractivity (Wildman–Crippen MR) is 65.5 cm³/mol. The van der Waals surface area contributed by atoms with Crippen molar-refractivity contribution in [2.75, 3.05) is 13.6 Å². The van der Waals surface area contributed by atoms with Crippen molar-refractivity contribution in [3.8, 4) is 0 Å². The first-order chi connectivity index (χ1) is 7.16. The van der Waals surface area contributed by atoms with E-state index < -0.39 is 0 Å². The highest BCUT2D eigenvalue weighted by molar-refractivity contribution is 8.26. The molecule has 0 aromatic carbocycles. The predicted octanol–water partition coefficient (Wildman–Crippen LogP) is 0.211. The average Bonchev–Trinajstić information content (AvgIpc) is 2.70. The number of carbonyl (C=O) groups excluding carboxylic acids is 1. The molecule has 2 heterocycles. The van der Waals surface area contributed by atoms with Crippen LogP contribution in [0.5, 0.6) is 0 Å². The maximum Gasteiger partial charge on any atom is 0.263 e. The fraction of sp³-hybridized carbons (Fsp3) is 0.400. The fourth-order valence-corrected chi connectivity index (χ4v) is 2.74. The van der Waals surface area contributed by atoms with Crippen LogP contribution in [0.15, 0.2) is 22.8 Å². The van der Waals surface area contributed by atoms with Crippen LogP contribution in [0.4, 0.5) is 0 Å². The topological polar surface area (TPSA) is 33.5 Å². The molecule has 2 saturated heterocycles. The zero-order valence-electron chi connectivity index (χ0n) is 8.50. The lowest BCUT2D eigenvalue weighted by molar-refractivity contribution is -0.828. The number of nitrogens with one attached hydrogen (secondary N) is 2. The van der Waals surface area contributed by atoms with Crippen LogP contribution in [0, 0.1) is 0 Å². The van der Waals surface area contributed by atoms with Gasteiger partial charge in [-0.3, -0.25) is 4.79 Å². The summed E-state index contributed by atoms with van der Waals surface area (Å²) in [4.78, 5) is 13.5. The number of thioether (sulfide) groups is 1. The van der Waals surface area contributed by atoms with Gasteiger partial charge in [0, 0.05) is 12.8 Å². The molecule has 3 nitrogen and oxygen atoms in total. The van der Waals surface area contributed by atoms with Gasteiger partial charge in [0.1, 0.15) is 10.0 Å². The normalized spacial score (nSPS) is 31.7. The number of hydrogen-bond acceptors (Lipinski definition) is 3. The molecule has 2 rings (SSSR count). The third-order valence-electron chi connectivity index (χ3n) is 2.62. The van der Waals surface area contributed by atoms with Gasteiger partial charge in [-0.05, 0) is 12.2 Å². The van der Waals surface area contributed by atoms with E-state index in [1.807, 2.05) is 6.08 Å². The molecule has 5 heteroatoms. The highest BCUT2D eigenvalue weighted by Crippen LogP contribution is 2.23. The monoisotopic (exact) mass is 241 g/mol. The summed E-state index contributed by atoms with van der Waals surface area (Å²) in [6.07, 6.45) is 6.30. The molecule has 0 aromatic heterocycles. The van der Waals surface area contributed by atoms with Crippen molar-refractivity contribution in [2.45, 2.75) is 12.8 Å². The number of rotatable bonds is 1. The molecule has 2 N–H and O–H groups in total. The van der Waals surface area contributed by atoms with Crippen LogP contribution in [-0.2, 0) is 4.79 Å². The highest BCUT2D eigenvalue weighted by Gasteiger charge is 2.22. The van der Waals surface area contributed by atoms with E-state index in [9.17, 15) is 4.79 Å². The third-order valence-corrected chi connectivity index (χ3v) is 3.80. The number of quaternary nitrogens is 1. The number of thiocarbonyl (C=S) groups is 1. The number of amides is 1. The minimum atomic E-state index is -0.0718. The van der Waals surface area contributed by atoms with Gasteiger partial charge in [0.2, 0.25) is 0 Å². The maximum atomic E-state index is 11.3. The minimum Gasteiger partial charge on any atom is -0.308 e. The highest BCUT2D eigenvalue weighted by atomic mass is 32.2. The summed E-state index contributed by atoms with van der Waals surface area (Å²) in [5, 5.41) is 2.60. The molecule has 2 aliphatic heterocycles. The molecule has 1 atom stereocenters.